The molecule has 6 heteroatoms. The highest BCUT2D eigenvalue weighted by atomic mass is 16.6. The second-order valence-corrected chi connectivity index (χ2v) is 2.95. The molecule has 76 valence electrons. The van der Waals surface area contributed by atoms with Gasteiger partial charge in [-0.3, -0.25) is 10.1 Å². The Kier molecular flexibility index (Phi) is 2.57. The molecule has 0 spiro atoms. The molecule has 1 atom stereocenters. The quantitative estimate of drug-likeness (QED) is 0.373. The van der Waals surface area contributed by atoms with Crippen LogP contribution in [0.5, 0.6) is 11.5 Å². The molecule has 0 aliphatic heterocycles. The lowest BCUT2D eigenvalue weighted by molar-refractivity contribution is -0.386. The molecule has 0 radical (unpaired) electrons. The Morgan fingerprint density at radius 1 is 1.50 bits per heavy atom. The van der Waals surface area contributed by atoms with Crippen LogP contribution in [0.25, 0.3) is 0 Å². The monoisotopic (exact) mass is 198 g/mol. The van der Waals surface area contributed by atoms with Crippen molar-refractivity contribution in [3.8, 4) is 11.5 Å². The number of nitrogens with two attached hydrogens (primary N) is 1. The maximum absolute atomic E-state index is 10.4. The van der Waals surface area contributed by atoms with Crippen LogP contribution >= 0.6 is 0 Å². The molecule has 1 aromatic rings. The fraction of sp³-hybridized carbons (Fsp3) is 0.250. The zero-order valence-electron chi connectivity index (χ0n) is 7.47. The first-order valence-electron chi connectivity index (χ1n) is 3.89. The normalized spacial score (nSPS) is 12.4. The molecule has 1 aromatic carbocycles. The van der Waals surface area contributed by atoms with Gasteiger partial charge in [-0.25, -0.2) is 0 Å². The van der Waals surface area contributed by atoms with Crippen molar-refractivity contribution in [2.45, 2.75) is 13.0 Å². The van der Waals surface area contributed by atoms with Gasteiger partial charge >= 0.3 is 5.69 Å². The Bertz CT molecular complexity index is 376. The summed E-state index contributed by atoms with van der Waals surface area (Å²) < 4.78 is 0. The summed E-state index contributed by atoms with van der Waals surface area (Å²) in [6, 6.07) is 1.90. The summed E-state index contributed by atoms with van der Waals surface area (Å²) >= 11 is 0. The Balaban J connectivity index is 3.35. The number of phenolic OH excluding ortho intramolecular Hbond substituents is 2. The van der Waals surface area contributed by atoms with Gasteiger partial charge in [0.1, 0.15) is 0 Å². The minimum atomic E-state index is -0.777. The van der Waals surface area contributed by atoms with Crippen LogP contribution in [0.2, 0.25) is 0 Å². The molecule has 1 unspecified atom stereocenters. The molecule has 14 heavy (non-hydrogen) atoms. The fourth-order valence-electron chi connectivity index (χ4n) is 1.03. The molecule has 0 bridgehead atoms. The largest absolute Gasteiger partial charge is 0.504 e. The van der Waals surface area contributed by atoms with E-state index in [1.807, 2.05) is 0 Å². The summed E-state index contributed by atoms with van der Waals surface area (Å²) in [4.78, 5) is 9.67. The van der Waals surface area contributed by atoms with E-state index in [-0.39, 0.29) is 0 Å². The molecule has 4 N–H and O–H groups in total. The van der Waals surface area contributed by atoms with E-state index < -0.39 is 28.2 Å². The van der Waals surface area contributed by atoms with Crippen molar-refractivity contribution >= 4 is 5.69 Å². The maximum atomic E-state index is 10.4. The summed E-state index contributed by atoms with van der Waals surface area (Å²) in [5, 5.41) is 28.8. The van der Waals surface area contributed by atoms with Gasteiger partial charge in [0, 0.05) is 12.1 Å². The standard InChI is InChI=1S/C8H10N2O4/c1-4(9)5-2-6(10(13)14)8(12)7(11)3-5/h2-4,11-12H,9H2,1H3. The number of nitrogens with zero attached hydrogens (tertiary/aromatic N) is 1. The van der Waals surface area contributed by atoms with Crippen molar-refractivity contribution in [1.29, 1.82) is 0 Å². The lowest BCUT2D eigenvalue weighted by Gasteiger charge is -2.07. The molecule has 0 aliphatic rings. The van der Waals surface area contributed by atoms with Crippen molar-refractivity contribution in [1.82, 2.24) is 0 Å². The molecule has 0 heterocycles. The van der Waals surface area contributed by atoms with Crippen LogP contribution in [0.1, 0.15) is 18.5 Å². The number of phenols is 2. The van der Waals surface area contributed by atoms with Crippen LogP contribution in [0.15, 0.2) is 12.1 Å². The van der Waals surface area contributed by atoms with Crippen LogP contribution in [-0.4, -0.2) is 15.1 Å². The number of aromatic hydroxyl groups is 2. The molecule has 0 saturated heterocycles. The van der Waals surface area contributed by atoms with E-state index in [4.69, 9.17) is 15.9 Å². The molecule has 0 fully saturated rings. The highest BCUT2D eigenvalue weighted by Crippen LogP contribution is 2.37. The smallest absolute Gasteiger partial charge is 0.314 e. The van der Waals surface area contributed by atoms with Crippen molar-refractivity contribution in [3.63, 3.8) is 0 Å². The SMILES string of the molecule is CC(N)c1cc(O)c(O)c([N+](=O)[O-])c1. The van der Waals surface area contributed by atoms with Crippen molar-refractivity contribution in [3.05, 3.63) is 27.8 Å². The Morgan fingerprint density at radius 2 is 2.07 bits per heavy atom. The van der Waals surface area contributed by atoms with Gasteiger partial charge in [-0.05, 0) is 18.6 Å². The molecule has 0 amide bonds. The van der Waals surface area contributed by atoms with Gasteiger partial charge in [0.05, 0.1) is 4.92 Å². The van der Waals surface area contributed by atoms with E-state index in [2.05, 4.69) is 0 Å². The van der Waals surface area contributed by atoms with Gasteiger partial charge in [-0.15, -0.1) is 0 Å². The van der Waals surface area contributed by atoms with Crippen molar-refractivity contribution < 1.29 is 15.1 Å². The summed E-state index contributed by atoms with van der Waals surface area (Å²) in [5.74, 6) is -1.27. The molecule has 6 nitrogen and oxygen atoms in total. The summed E-state index contributed by atoms with van der Waals surface area (Å²) in [6.45, 7) is 1.62. The lowest BCUT2D eigenvalue weighted by Crippen LogP contribution is -2.05. The molecule has 0 aliphatic carbocycles. The van der Waals surface area contributed by atoms with Crippen molar-refractivity contribution in [2.75, 3.05) is 0 Å². The molecule has 1 rings (SSSR count). The molecular weight excluding hydrogens is 188 g/mol. The minimum absolute atomic E-state index is 0.395. The third-order valence-corrected chi connectivity index (χ3v) is 1.81. The molecular formula is C8H10N2O4. The first-order valence-corrected chi connectivity index (χ1v) is 3.89. The topological polar surface area (TPSA) is 110 Å². The number of rotatable bonds is 2. The average Bonchev–Trinajstić information content (AvgIpc) is 2.08. The molecule has 0 aromatic heterocycles. The number of benzene rings is 1. The second-order valence-electron chi connectivity index (χ2n) is 2.95. The van der Waals surface area contributed by atoms with E-state index in [1.54, 1.807) is 6.92 Å². The molecule has 0 saturated carbocycles. The third-order valence-electron chi connectivity index (χ3n) is 1.81. The zero-order valence-corrected chi connectivity index (χ0v) is 7.47. The average molecular weight is 198 g/mol. The predicted molar refractivity (Wildman–Crippen MR) is 49.0 cm³/mol. The van der Waals surface area contributed by atoms with E-state index in [0.29, 0.717) is 5.56 Å². The first-order chi connectivity index (χ1) is 6.43. The zero-order chi connectivity index (χ0) is 10.9. The van der Waals surface area contributed by atoms with Gasteiger partial charge < -0.3 is 15.9 Å². The highest BCUT2D eigenvalue weighted by molar-refractivity contribution is 5.56. The van der Waals surface area contributed by atoms with Gasteiger partial charge in [-0.1, -0.05) is 0 Å². The van der Waals surface area contributed by atoms with Gasteiger partial charge in [0.25, 0.3) is 0 Å². The highest BCUT2D eigenvalue weighted by Gasteiger charge is 2.19. The lowest BCUT2D eigenvalue weighted by atomic mass is 10.1. The van der Waals surface area contributed by atoms with Crippen LogP contribution in [0, 0.1) is 10.1 Å². The number of hydrogen-bond donors (Lipinski definition) is 3. The van der Waals surface area contributed by atoms with Crippen LogP contribution in [0.4, 0.5) is 5.69 Å². The second kappa shape index (κ2) is 3.51. The van der Waals surface area contributed by atoms with Crippen LogP contribution < -0.4 is 5.73 Å². The van der Waals surface area contributed by atoms with Crippen molar-refractivity contribution in [2.24, 2.45) is 5.73 Å². The van der Waals surface area contributed by atoms with Gasteiger partial charge in [0.2, 0.25) is 5.75 Å². The number of nitro groups is 1. The van der Waals surface area contributed by atoms with Crippen LogP contribution in [0.3, 0.4) is 0 Å². The third kappa shape index (κ3) is 1.74. The predicted octanol–water partition coefficient (Wildman–Crippen LogP) is 1.03. The Hall–Kier alpha value is -1.82. The van der Waals surface area contributed by atoms with Crippen LogP contribution in [-0.2, 0) is 0 Å². The number of hydrogen-bond acceptors (Lipinski definition) is 5. The van der Waals surface area contributed by atoms with E-state index in [9.17, 15) is 10.1 Å². The van der Waals surface area contributed by atoms with Gasteiger partial charge in [0.15, 0.2) is 5.75 Å². The summed E-state index contributed by atoms with van der Waals surface area (Å²) in [5.41, 5.74) is 5.34. The Labute approximate surface area is 79.7 Å². The van der Waals surface area contributed by atoms with Gasteiger partial charge in [-0.2, -0.15) is 0 Å². The van der Waals surface area contributed by atoms with E-state index in [1.165, 1.54) is 6.07 Å². The van der Waals surface area contributed by atoms with E-state index in [0.717, 1.165) is 6.07 Å². The number of nitro benzene ring substituents is 1. The summed E-state index contributed by atoms with van der Waals surface area (Å²) in [7, 11) is 0. The van der Waals surface area contributed by atoms with E-state index >= 15 is 0 Å². The minimum Gasteiger partial charge on any atom is -0.504 e. The first kappa shape index (κ1) is 10.3. The fourth-order valence-corrected chi connectivity index (χ4v) is 1.03. The maximum Gasteiger partial charge on any atom is 0.314 e. The summed E-state index contributed by atoms with van der Waals surface area (Å²) in [6.07, 6.45) is 0. The Morgan fingerprint density at radius 3 is 2.50 bits per heavy atom.